The highest BCUT2D eigenvalue weighted by atomic mass is 19.4. The van der Waals surface area contributed by atoms with E-state index in [-0.39, 0.29) is 17.9 Å². The first-order valence-corrected chi connectivity index (χ1v) is 6.81. The number of hydrogen-bond donors (Lipinski definition) is 3. The largest absolute Gasteiger partial charge is 0.489 e. The summed E-state index contributed by atoms with van der Waals surface area (Å²) >= 11 is 0. The van der Waals surface area contributed by atoms with Crippen LogP contribution in [0.15, 0.2) is 18.2 Å². The van der Waals surface area contributed by atoms with Crippen molar-refractivity contribution in [1.29, 1.82) is 0 Å². The topological polar surface area (TPSA) is 87.7 Å². The molecule has 1 aromatic rings. The molecule has 3 N–H and O–H groups in total. The molecule has 0 aliphatic rings. The second-order valence-electron chi connectivity index (χ2n) is 4.99. The summed E-state index contributed by atoms with van der Waals surface area (Å²) in [4.78, 5) is 21.4. The van der Waals surface area contributed by atoms with Crippen LogP contribution in [0.2, 0.25) is 0 Å². The Labute approximate surface area is 134 Å². The van der Waals surface area contributed by atoms with Gasteiger partial charge in [-0.3, -0.25) is 4.79 Å². The van der Waals surface area contributed by atoms with Crippen LogP contribution in [0.1, 0.15) is 25.5 Å². The van der Waals surface area contributed by atoms with Gasteiger partial charge in [-0.25, -0.2) is 9.18 Å². The quantitative estimate of drug-likeness (QED) is 0.687. The molecule has 10 heteroatoms. The molecule has 1 aromatic carbocycles. The number of carboxylic acid groups (broad SMARTS) is 1. The molecule has 0 radical (unpaired) electrons. The van der Waals surface area contributed by atoms with Gasteiger partial charge in [0.2, 0.25) is 0 Å². The number of hydrogen-bond acceptors (Lipinski definition) is 3. The molecule has 0 fully saturated rings. The van der Waals surface area contributed by atoms with Crippen molar-refractivity contribution in [2.75, 3.05) is 6.54 Å². The van der Waals surface area contributed by atoms with Gasteiger partial charge >= 0.3 is 18.2 Å². The molecule has 2 atom stereocenters. The molecule has 0 aromatic heterocycles. The molecule has 0 saturated heterocycles. The molecule has 134 valence electrons. The lowest BCUT2D eigenvalue weighted by atomic mass is 10.1. The van der Waals surface area contributed by atoms with Crippen LogP contribution in [-0.4, -0.2) is 35.9 Å². The minimum atomic E-state index is -5.07. The van der Waals surface area contributed by atoms with E-state index < -0.39 is 36.1 Å². The Balaban J connectivity index is 2.91. The van der Waals surface area contributed by atoms with Gasteiger partial charge in [-0.15, -0.1) is 0 Å². The van der Waals surface area contributed by atoms with E-state index >= 15 is 0 Å². The van der Waals surface area contributed by atoms with Crippen LogP contribution in [0.25, 0.3) is 0 Å². The molecule has 0 bridgehead atoms. The Bertz CT molecular complexity index is 607. The lowest BCUT2D eigenvalue weighted by Gasteiger charge is -2.21. The molecule has 0 aliphatic heterocycles. The standard InChI is InChI=1S/C14H16F4N2O4/c1-7(6-19-13(22)23)24-11-4-3-9(15)5-10(11)8(2)20-12(21)14(16,17)18/h3-5,7-8,19H,6H2,1-2H3,(H,20,21)(H,22,23)/t7?,8-/m1/s1. The van der Waals surface area contributed by atoms with E-state index in [1.807, 2.05) is 0 Å². The number of carbonyl (C=O) groups excluding carboxylic acids is 1. The Morgan fingerprint density at radius 3 is 2.46 bits per heavy atom. The second-order valence-corrected chi connectivity index (χ2v) is 4.99. The molecule has 2 amide bonds. The number of alkyl halides is 3. The average Bonchev–Trinajstić information content (AvgIpc) is 2.45. The van der Waals surface area contributed by atoms with E-state index in [1.165, 1.54) is 19.9 Å². The summed E-state index contributed by atoms with van der Waals surface area (Å²) in [7, 11) is 0. The van der Waals surface area contributed by atoms with Crippen molar-refractivity contribution in [2.24, 2.45) is 0 Å². The molecule has 1 unspecified atom stereocenters. The van der Waals surface area contributed by atoms with E-state index in [4.69, 9.17) is 9.84 Å². The Morgan fingerprint density at radius 1 is 1.29 bits per heavy atom. The van der Waals surface area contributed by atoms with Crippen molar-refractivity contribution in [3.05, 3.63) is 29.6 Å². The highest BCUT2D eigenvalue weighted by molar-refractivity contribution is 5.82. The van der Waals surface area contributed by atoms with Gasteiger partial charge in [0.1, 0.15) is 17.7 Å². The van der Waals surface area contributed by atoms with E-state index in [1.54, 1.807) is 5.32 Å². The van der Waals surface area contributed by atoms with Gasteiger partial charge < -0.3 is 20.5 Å². The number of amides is 2. The van der Waals surface area contributed by atoms with Crippen LogP contribution in [0, 0.1) is 5.82 Å². The van der Waals surface area contributed by atoms with E-state index in [9.17, 15) is 27.2 Å². The van der Waals surface area contributed by atoms with Crippen LogP contribution < -0.4 is 15.4 Å². The van der Waals surface area contributed by atoms with Gasteiger partial charge in [0.25, 0.3) is 0 Å². The summed E-state index contributed by atoms with van der Waals surface area (Å²) in [5, 5.41) is 12.3. The van der Waals surface area contributed by atoms with Crippen molar-refractivity contribution in [2.45, 2.75) is 32.2 Å². The number of halogens is 4. The molecule has 24 heavy (non-hydrogen) atoms. The maximum atomic E-state index is 13.4. The molecular weight excluding hydrogens is 336 g/mol. The normalized spacial score (nSPS) is 13.8. The van der Waals surface area contributed by atoms with Crippen molar-refractivity contribution in [3.8, 4) is 5.75 Å². The van der Waals surface area contributed by atoms with Crippen LogP contribution in [0.4, 0.5) is 22.4 Å². The molecule has 0 spiro atoms. The highest BCUT2D eigenvalue weighted by Crippen LogP contribution is 2.28. The van der Waals surface area contributed by atoms with Crippen LogP contribution in [0.5, 0.6) is 5.75 Å². The van der Waals surface area contributed by atoms with E-state index in [0.717, 1.165) is 12.1 Å². The third-order valence-electron chi connectivity index (χ3n) is 2.91. The average molecular weight is 352 g/mol. The number of benzene rings is 1. The summed E-state index contributed by atoms with van der Waals surface area (Å²) in [6, 6.07) is 1.99. The van der Waals surface area contributed by atoms with E-state index in [2.05, 4.69) is 5.32 Å². The SMILES string of the molecule is CC(CNC(=O)O)Oc1ccc(F)cc1[C@@H](C)NC(=O)C(F)(F)F. The van der Waals surface area contributed by atoms with Crippen LogP contribution >= 0.6 is 0 Å². The predicted molar refractivity (Wildman–Crippen MR) is 75.1 cm³/mol. The molecule has 6 nitrogen and oxygen atoms in total. The minimum Gasteiger partial charge on any atom is -0.489 e. The van der Waals surface area contributed by atoms with Crippen LogP contribution in [-0.2, 0) is 4.79 Å². The highest BCUT2D eigenvalue weighted by Gasteiger charge is 2.39. The Hall–Kier alpha value is -2.52. The van der Waals surface area contributed by atoms with Crippen molar-refractivity contribution >= 4 is 12.0 Å². The summed E-state index contributed by atoms with van der Waals surface area (Å²) in [5.41, 5.74) is -0.00484. The van der Waals surface area contributed by atoms with Gasteiger partial charge in [0.15, 0.2) is 0 Å². The van der Waals surface area contributed by atoms with Crippen LogP contribution in [0.3, 0.4) is 0 Å². The number of carbonyl (C=O) groups is 2. The fraction of sp³-hybridized carbons (Fsp3) is 0.429. The van der Waals surface area contributed by atoms with Crippen molar-refractivity contribution in [3.63, 3.8) is 0 Å². The molecule has 0 heterocycles. The van der Waals surface area contributed by atoms with Gasteiger partial charge in [-0.05, 0) is 32.0 Å². The zero-order valence-corrected chi connectivity index (χ0v) is 12.8. The maximum Gasteiger partial charge on any atom is 0.471 e. The maximum absolute atomic E-state index is 13.4. The molecular formula is C14H16F4N2O4. The summed E-state index contributed by atoms with van der Waals surface area (Å²) in [5.74, 6) is -2.85. The molecule has 0 saturated carbocycles. The van der Waals surface area contributed by atoms with E-state index in [0.29, 0.717) is 0 Å². The third-order valence-corrected chi connectivity index (χ3v) is 2.91. The lowest BCUT2D eigenvalue weighted by molar-refractivity contribution is -0.174. The first-order chi connectivity index (χ1) is 11.0. The summed E-state index contributed by atoms with van der Waals surface area (Å²) in [6.45, 7) is 2.67. The first kappa shape index (κ1) is 19.5. The second kappa shape index (κ2) is 7.84. The zero-order chi connectivity index (χ0) is 18.5. The van der Waals surface area contributed by atoms with Gasteiger partial charge in [0.05, 0.1) is 12.6 Å². The first-order valence-electron chi connectivity index (χ1n) is 6.81. The zero-order valence-electron chi connectivity index (χ0n) is 12.8. The fourth-order valence-corrected chi connectivity index (χ4v) is 1.81. The molecule has 1 rings (SSSR count). The number of ether oxygens (including phenoxy) is 1. The molecule has 0 aliphatic carbocycles. The smallest absolute Gasteiger partial charge is 0.471 e. The third kappa shape index (κ3) is 5.94. The number of rotatable bonds is 6. The van der Waals surface area contributed by atoms with Gasteiger partial charge in [0, 0.05) is 5.56 Å². The van der Waals surface area contributed by atoms with Gasteiger partial charge in [-0.2, -0.15) is 13.2 Å². The van der Waals surface area contributed by atoms with Crippen molar-refractivity contribution in [1.82, 2.24) is 10.6 Å². The number of nitrogens with one attached hydrogen (secondary N) is 2. The predicted octanol–water partition coefficient (Wildman–Crippen LogP) is 2.60. The minimum absolute atomic E-state index is 0.00484. The fourth-order valence-electron chi connectivity index (χ4n) is 1.81. The Kier molecular flexibility index (Phi) is 6.38. The summed E-state index contributed by atoms with van der Waals surface area (Å²) < 4.78 is 55.7. The van der Waals surface area contributed by atoms with Gasteiger partial charge in [-0.1, -0.05) is 0 Å². The monoisotopic (exact) mass is 352 g/mol. The lowest BCUT2D eigenvalue weighted by Crippen LogP contribution is -2.38. The van der Waals surface area contributed by atoms with Crippen molar-refractivity contribution < 1.29 is 37.0 Å². The summed E-state index contributed by atoms with van der Waals surface area (Å²) in [6.07, 6.45) is -7.01. The Morgan fingerprint density at radius 2 is 1.92 bits per heavy atom.